The molecule has 0 saturated carbocycles. The van der Waals surface area contributed by atoms with Gasteiger partial charge in [-0.1, -0.05) is 0 Å². The molecule has 0 bridgehead atoms. The molecule has 1 aliphatic carbocycles. The van der Waals surface area contributed by atoms with E-state index in [0.29, 0.717) is 12.4 Å². The molecule has 1 aromatic rings. The van der Waals surface area contributed by atoms with Gasteiger partial charge in [0.25, 0.3) is 11.8 Å². The van der Waals surface area contributed by atoms with Gasteiger partial charge in [-0.2, -0.15) is 0 Å². The fourth-order valence-electron chi connectivity index (χ4n) is 3.17. The van der Waals surface area contributed by atoms with Crippen LogP contribution < -0.4 is 10.6 Å². The van der Waals surface area contributed by atoms with Crippen LogP contribution in [0, 0.1) is 12.3 Å². The lowest BCUT2D eigenvalue weighted by Crippen LogP contribution is -2.48. The molecule has 1 atom stereocenters. The molecule has 3 N–H and O–H groups in total. The Morgan fingerprint density at radius 2 is 2.24 bits per heavy atom. The van der Waals surface area contributed by atoms with Crippen LogP contribution in [0.15, 0.2) is 40.8 Å². The summed E-state index contributed by atoms with van der Waals surface area (Å²) in [6, 6.07) is -1.29. The number of rotatable bonds is 6. The number of likely N-dealkylation sites (N-methyl/N-ethyl adjacent to an activating group) is 2. The molecule has 1 unspecified atom stereocenters. The largest absolute Gasteiger partial charge is 0.488 e. The first-order valence-corrected chi connectivity index (χ1v) is 9.89. The Labute approximate surface area is 171 Å². The summed E-state index contributed by atoms with van der Waals surface area (Å²) in [5, 5.41) is 13.3. The molecule has 0 aromatic carbocycles. The third-order valence-electron chi connectivity index (χ3n) is 4.74. The maximum atomic E-state index is 14.1. The molecule has 1 fully saturated rings. The van der Waals surface area contributed by atoms with Gasteiger partial charge in [-0.15, -0.1) is 11.3 Å². The fraction of sp³-hybridized carbons (Fsp3) is 0.421. The van der Waals surface area contributed by atoms with Gasteiger partial charge in [0.15, 0.2) is 0 Å². The van der Waals surface area contributed by atoms with Gasteiger partial charge < -0.3 is 20.8 Å². The van der Waals surface area contributed by atoms with E-state index in [-0.39, 0.29) is 23.5 Å². The van der Waals surface area contributed by atoms with Crippen LogP contribution in [0.2, 0.25) is 0 Å². The zero-order chi connectivity index (χ0) is 21.2. The van der Waals surface area contributed by atoms with E-state index in [1.165, 1.54) is 29.4 Å². The Bertz CT molecular complexity index is 906. The topological polar surface area (TPSA) is 90.3 Å². The highest BCUT2D eigenvalue weighted by Gasteiger charge is 2.47. The standard InChI is InChI=1S/C19H23F2N5O2S/c1-11-15(29-10-24-11)8-28-12-4-5-14(22)13(6-12)17(23-2)18(27)25-16-7-26(3)9-19(16,20)21/h4-6,10,16,22-23H,7-9H2,1-3H3,(H,25,27)/b17-13-,22-14?. The van der Waals surface area contributed by atoms with Crippen LogP contribution in [-0.2, 0) is 16.1 Å². The van der Waals surface area contributed by atoms with E-state index in [4.69, 9.17) is 10.1 Å². The van der Waals surface area contributed by atoms with E-state index in [0.717, 1.165) is 10.6 Å². The highest BCUT2D eigenvalue weighted by molar-refractivity contribution is 7.09. The normalized spacial score (nSPS) is 23.0. The summed E-state index contributed by atoms with van der Waals surface area (Å²) in [6.45, 7) is 1.85. The minimum Gasteiger partial charge on any atom is -0.488 e. The van der Waals surface area contributed by atoms with E-state index >= 15 is 0 Å². The summed E-state index contributed by atoms with van der Waals surface area (Å²) < 4.78 is 33.9. The summed E-state index contributed by atoms with van der Waals surface area (Å²) in [6.07, 6.45) is 4.70. The summed E-state index contributed by atoms with van der Waals surface area (Å²) in [4.78, 5) is 19.3. The number of nitrogens with one attached hydrogen (secondary N) is 3. The summed E-state index contributed by atoms with van der Waals surface area (Å²) in [7, 11) is 3.10. The molecule has 0 radical (unpaired) electrons. The second-order valence-electron chi connectivity index (χ2n) is 6.97. The summed E-state index contributed by atoms with van der Waals surface area (Å²) >= 11 is 1.48. The summed E-state index contributed by atoms with van der Waals surface area (Å²) in [5.74, 6) is -3.23. The first kappa shape index (κ1) is 21.1. The van der Waals surface area contributed by atoms with Crippen LogP contribution in [-0.4, -0.2) is 60.7 Å². The van der Waals surface area contributed by atoms with Gasteiger partial charge in [0, 0.05) is 19.2 Å². The third kappa shape index (κ3) is 4.70. The fourth-order valence-corrected chi connectivity index (χ4v) is 3.85. The number of hydrogen-bond donors (Lipinski definition) is 3. The van der Waals surface area contributed by atoms with Gasteiger partial charge in [-0.05, 0) is 32.2 Å². The van der Waals surface area contributed by atoms with Crippen LogP contribution in [0.4, 0.5) is 8.78 Å². The molecule has 10 heteroatoms. The Kier molecular flexibility index (Phi) is 6.13. The monoisotopic (exact) mass is 423 g/mol. The van der Waals surface area contributed by atoms with E-state index in [1.54, 1.807) is 24.7 Å². The number of carbonyl (C=O) groups is 1. The molecule has 1 saturated heterocycles. The van der Waals surface area contributed by atoms with Crippen molar-refractivity contribution in [1.82, 2.24) is 20.5 Å². The first-order valence-electron chi connectivity index (χ1n) is 9.01. The molecule has 3 rings (SSSR count). The number of alkyl halides is 2. The minimum atomic E-state index is -3.01. The number of likely N-dealkylation sites (tertiary alicyclic amines) is 1. The molecular weight excluding hydrogens is 400 g/mol. The highest BCUT2D eigenvalue weighted by atomic mass is 32.1. The lowest BCUT2D eigenvalue weighted by molar-refractivity contribution is -0.120. The highest BCUT2D eigenvalue weighted by Crippen LogP contribution is 2.27. The van der Waals surface area contributed by atoms with Crippen molar-refractivity contribution >= 4 is 23.0 Å². The number of thiazole rings is 1. The van der Waals surface area contributed by atoms with E-state index in [1.807, 2.05) is 6.92 Å². The Hall–Kier alpha value is -2.59. The zero-order valence-corrected chi connectivity index (χ0v) is 17.2. The number of ether oxygens (including phenoxy) is 1. The van der Waals surface area contributed by atoms with Gasteiger partial charge in [0.2, 0.25) is 0 Å². The van der Waals surface area contributed by atoms with Crippen molar-refractivity contribution < 1.29 is 18.3 Å². The van der Waals surface area contributed by atoms with E-state index in [9.17, 15) is 13.6 Å². The molecule has 29 heavy (non-hydrogen) atoms. The van der Waals surface area contributed by atoms with Crippen LogP contribution in [0.3, 0.4) is 0 Å². The van der Waals surface area contributed by atoms with Crippen LogP contribution in [0.25, 0.3) is 0 Å². The number of halogens is 2. The SMILES string of the molecule is CN/C(C(=O)NC1CN(C)CC1(F)F)=C1/C=C(OCc2scnc2C)C=CC1=N. The molecule has 1 amide bonds. The van der Waals surface area contributed by atoms with Gasteiger partial charge in [0.05, 0.1) is 28.3 Å². The molecule has 156 valence electrons. The van der Waals surface area contributed by atoms with Crippen molar-refractivity contribution in [3.8, 4) is 0 Å². The van der Waals surface area contributed by atoms with Crippen molar-refractivity contribution in [2.45, 2.75) is 25.5 Å². The average molecular weight is 423 g/mol. The number of hydrogen-bond acceptors (Lipinski definition) is 7. The second-order valence-corrected chi connectivity index (χ2v) is 7.91. The lowest BCUT2D eigenvalue weighted by atomic mass is 10.0. The van der Waals surface area contributed by atoms with Gasteiger partial charge >= 0.3 is 0 Å². The van der Waals surface area contributed by atoms with Crippen molar-refractivity contribution in [3.05, 3.63) is 51.3 Å². The van der Waals surface area contributed by atoms with Gasteiger partial charge in [-0.25, -0.2) is 13.8 Å². The predicted molar refractivity (Wildman–Crippen MR) is 107 cm³/mol. The Morgan fingerprint density at radius 3 is 2.83 bits per heavy atom. The maximum Gasteiger partial charge on any atom is 0.281 e. The average Bonchev–Trinajstić information content (AvgIpc) is 3.17. The van der Waals surface area contributed by atoms with E-state index < -0.39 is 24.4 Å². The third-order valence-corrected chi connectivity index (χ3v) is 5.65. The van der Waals surface area contributed by atoms with Crippen molar-refractivity contribution in [3.63, 3.8) is 0 Å². The minimum absolute atomic E-state index is 0.0415. The molecule has 7 nitrogen and oxygen atoms in total. The van der Waals surface area contributed by atoms with Crippen LogP contribution in [0.1, 0.15) is 10.6 Å². The number of allylic oxidation sites excluding steroid dienone is 4. The number of nitrogens with zero attached hydrogens (tertiary/aromatic N) is 2. The van der Waals surface area contributed by atoms with Crippen molar-refractivity contribution in [2.24, 2.45) is 0 Å². The molecule has 2 aliphatic rings. The number of aromatic nitrogens is 1. The molecule has 1 aromatic heterocycles. The number of amides is 1. The zero-order valence-electron chi connectivity index (χ0n) is 16.4. The second kappa shape index (κ2) is 8.42. The smallest absolute Gasteiger partial charge is 0.281 e. The quantitative estimate of drug-likeness (QED) is 0.609. The Morgan fingerprint density at radius 1 is 1.48 bits per heavy atom. The van der Waals surface area contributed by atoms with Gasteiger partial charge in [-0.3, -0.25) is 9.69 Å². The maximum absolute atomic E-state index is 14.1. The summed E-state index contributed by atoms with van der Waals surface area (Å²) in [5.41, 5.74) is 3.02. The number of aryl methyl sites for hydroxylation is 1. The predicted octanol–water partition coefficient (Wildman–Crippen LogP) is 1.98. The Balaban J connectivity index is 1.78. The molecular formula is C19H23F2N5O2S. The van der Waals surface area contributed by atoms with Crippen LogP contribution >= 0.6 is 11.3 Å². The molecule has 1 aliphatic heterocycles. The van der Waals surface area contributed by atoms with Crippen molar-refractivity contribution in [1.29, 1.82) is 5.41 Å². The van der Waals surface area contributed by atoms with Gasteiger partial charge in [0.1, 0.15) is 24.1 Å². The lowest BCUT2D eigenvalue weighted by Gasteiger charge is -2.21. The van der Waals surface area contributed by atoms with E-state index in [2.05, 4.69) is 15.6 Å². The molecule has 0 spiro atoms. The van der Waals surface area contributed by atoms with Crippen molar-refractivity contribution in [2.75, 3.05) is 27.2 Å². The first-order chi connectivity index (χ1) is 13.7. The van der Waals surface area contributed by atoms with Crippen LogP contribution in [0.5, 0.6) is 0 Å². The number of carbonyl (C=O) groups excluding carboxylic acids is 1. The molecule has 2 heterocycles.